The summed E-state index contributed by atoms with van der Waals surface area (Å²) in [5, 5.41) is 11.2. The zero-order chi connectivity index (χ0) is 25.8. The molecule has 0 aliphatic carbocycles. The molecule has 7 rings (SSSR count). The van der Waals surface area contributed by atoms with E-state index in [1.54, 1.807) is 0 Å². The Morgan fingerprint density at radius 3 is 2.47 bits per heavy atom. The number of anilines is 1. The number of nitrogens with one attached hydrogen (secondary N) is 3. The molecular weight excluding hydrogens is 508 g/mol. The smallest absolute Gasteiger partial charge is 0.296 e. The molecule has 2 saturated heterocycles. The fourth-order valence-electron chi connectivity index (χ4n) is 5.00. The molecule has 0 saturated carbocycles. The highest BCUT2D eigenvalue weighted by atomic mass is 35.5. The van der Waals surface area contributed by atoms with E-state index in [4.69, 9.17) is 41.9 Å². The molecule has 2 aliphatic rings. The Morgan fingerprint density at radius 2 is 1.74 bits per heavy atom. The summed E-state index contributed by atoms with van der Waals surface area (Å²) in [6.45, 7) is 1.16. The van der Waals surface area contributed by atoms with Gasteiger partial charge in [-0.25, -0.2) is 9.67 Å². The Balaban J connectivity index is 1.12. The number of aromatic nitrogens is 6. The predicted octanol–water partition coefficient (Wildman–Crippen LogP) is 3.46. The van der Waals surface area contributed by atoms with Gasteiger partial charge in [0, 0.05) is 12.2 Å². The van der Waals surface area contributed by atoms with E-state index < -0.39 is 0 Å². The number of rotatable bonds is 5. The topological polar surface area (TPSA) is 153 Å². The molecule has 5 heterocycles. The number of halogens is 1. The quantitative estimate of drug-likeness (QED) is 0.271. The van der Waals surface area contributed by atoms with Crippen LogP contribution in [0.4, 0.5) is 5.95 Å². The minimum absolute atomic E-state index is 0.0422. The average Bonchev–Trinajstić information content (AvgIpc) is 3.69. The zero-order valence-electron chi connectivity index (χ0n) is 20.0. The number of fused-ring (bicyclic) bond motifs is 2. The van der Waals surface area contributed by atoms with E-state index in [0.717, 1.165) is 28.8 Å². The Labute approximate surface area is 221 Å². The Kier molecular flexibility index (Phi) is 5.43. The van der Waals surface area contributed by atoms with Crippen molar-refractivity contribution in [3.05, 3.63) is 65.2 Å². The maximum atomic E-state index is 7.90. The number of H-pyrrole nitrogens is 2. The lowest BCUT2D eigenvalue weighted by Gasteiger charge is -2.15. The molecule has 192 valence electrons. The second-order valence-corrected chi connectivity index (χ2v) is 9.68. The van der Waals surface area contributed by atoms with E-state index in [1.165, 1.54) is 4.68 Å². The van der Waals surface area contributed by atoms with Crippen LogP contribution in [0.25, 0.3) is 39.2 Å². The number of nitrogens with two attached hydrogens (primary N) is 1. The van der Waals surface area contributed by atoms with Gasteiger partial charge in [-0.2, -0.15) is 9.97 Å². The van der Waals surface area contributed by atoms with Crippen molar-refractivity contribution in [2.24, 2.45) is 0 Å². The summed E-state index contributed by atoms with van der Waals surface area (Å²) in [4.78, 5) is 16.3. The second kappa shape index (κ2) is 8.98. The van der Waals surface area contributed by atoms with Crippen LogP contribution in [-0.4, -0.2) is 61.2 Å². The third-order valence-corrected chi connectivity index (χ3v) is 7.16. The molecule has 0 radical (unpaired) electrons. The molecule has 2 aromatic carbocycles. The second-order valence-electron chi connectivity index (χ2n) is 9.28. The van der Waals surface area contributed by atoms with Crippen molar-refractivity contribution in [3.8, 4) is 34.1 Å². The number of nitrogens with zero attached hydrogens (tertiary/aromatic N) is 4. The summed E-state index contributed by atoms with van der Waals surface area (Å²) in [7, 11) is 0. The largest absolute Gasteiger partial charge is 0.456 e. The lowest BCUT2D eigenvalue weighted by atomic mass is 10.0. The van der Waals surface area contributed by atoms with E-state index in [9.17, 15) is 0 Å². The van der Waals surface area contributed by atoms with Gasteiger partial charge in [-0.1, -0.05) is 48.0 Å². The maximum Gasteiger partial charge on any atom is 0.296 e. The number of nitrogen functional groups attached to an aromatic ring is 1. The summed E-state index contributed by atoms with van der Waals surface area (Å²) in [5.41, 5.74) is 11.2. The zero-order valence-corrected chi connectivity index (χ0v) is 20.8. The molecule has 5 aromatic rings. The van der Waals surface area contributed by atoms with Gasteiger partial charge in [0.15, 0.2) is 11.8 Å². The highest BCUT2D eigenvalue weighted by Gasteiger charge is 2.43. The molecule has 3 atom stereocenters. The standard InChI is InChI=1S/C26H23ClN8O3/c27-17-11-18-23(32-26(30-18)38-20-12-37-19-9-10-36-22(19)20)31-21(17)15-3-1-13(2-4-15)14-5-7-16(8-6-14)35-25(29)33-24(28)34-35/h1-8,11,19-20,22H,9-10,12H2,(H,30,31,32)(H4,28,29,33,34)/t19-,20?,22?/m1/s1. The van der Waals surface area contributed by atoms with Crippen LogP contribution < -0.4 is 16.1 Å². The fourth-order valence-corrected chi connectivity index (χ4v) is 5.26. The van der Waals surface area contributed by atoms with Crippen LogP contribution in [0.3, 0.4) is 0 Å². The van der Waals surface area contributed by atoms with Crippen molar-refractivity contribution >= 4 is 28.7 Å². The first-order valence-electron chi connectivity index (χ1n) is 12.2. The van der Waals surface area contributed by atoms with Crippen molar-refractivity contribution in [1.82, 2.24) is 29.7 Å². The van der Waals surface area contributed by atoms with Gasteiger partial charge in [-0.05, 0) is 35.7 Å². The van der Waals surface area contributed by atoms with Gasteiger partial charge >= 0.3 is 0 Å². The van der Waals surface area contributed by atoms with Gasteiger partial charge in [0.2, 0.25) is 11.6 Å². The molecule has 12 heteroatoms. The summed E-state index contributed by atoms with van der Waals surface area (Å²) in [6.07, 6.45) is 0.713. The van der Waals surface area contributed by atoms with Crippen molar-refractivity contribution in [2.45, 2.75) is 24.7 Å². The van der Waals surface area contributed by atoms with E-state index >= 15 is 0 Å². The molecular formula is C26H23ClN8O3. The average molecular weight is 531 g/mol. The van der Waals surface area contributed by atoms with Crippen LogP contribution in [0.2, 0.25) is 5.02 Å². The molecule has 0 spiro atoms. The molecule has 2 unspecified atom stereocenters. The lowest BCUT2D eigenvalue weighted by molar-refractivity contribution is 0.0273. The first-order chi connectivity index (χ1) is 18.5. The van der Waals surface area contributed by atoms with Gasteiger partial charge in [-0.3, -0.25) is 10.5 Å². The Bertz CT molecular complexity index is 1690. The normalized spacial score (nSPS) is 20.7. The summed E-state index contributed by atoms with van der Waals surface area (Å²) in [6, 6.07) is 17.9. The minimum Gasteiger partial charge on any atom is -0.456 e. The molecule has 2 aliphatic heterocycles. The maximum absolute atomic E-state index is 7.90. The number of benzene rings is 2. The van der Waals surface area contributed by atoms with E-state index in [-0.39, 0.29) is 29.9 Å². The number of aromatic amines is 2. The van der Waals surface area contributed by atoms with Gasteiger partial charge in [0.1, 0.15) is 6.10 Å². The predicted molar refractivity (Wildman–Crippen MR) is 140 cm³/mol. The number of ether oxygens (including phenoxy) is 3. The molecule has 5 N–H and O–H groups in total. The third-order valence-electron chi connectivity index (χ3n) is 6.87. The van der Waals surface area contributed by atoms with Crippen LogP contribution in [0.5, 0.6) is 6.01 Å². The number of hydrogen-bond donors (Lipinski definition) is 4. The summed E-state index contributed by atoms with van der Waals surface area (Å²) in [5.74, 6) is 0.193. The number of imidazole rings is 1. The van der Waals surface area contributed by atoms with Crippen molar-refractivity contribution in [1.29, 1.82) is 5.41 Å². The van der Waals surface area contributed by atoms with Gasteiger partial charge in [-0.15, -0.1) is 0 Å². The van der Waals surface area contributed by atoms with Crippen LogP contribution in [0, 0.1) is 5.41 Å². The van der Waals surface area contributed by atoms with Crippen LogP contribution in [0.1, 0.15) is 6.42 Å². The van der Waals surface area contributed by atoms with E-state index in [1.807, 2.05) is 54.6 Å². The fraction of sp³-hybridized carbons (Fsp3) is 0.231. The van der Waals surface area contributed by atoms with E-state index in [0.29, 0.717) is 41.1 Å². The number of hydrogen-bond acceptors (Lipinski definition) is 8. The summed E-state index contributed by atoms with van der Waals surface area (Å²) >= 11 is 6.61. The highest BCUT2D eigenvalue weighted by Crippen LogP contribution is 2.33. The first-order valence-corrected chi connectivity index (χ1v) is 12.6. The van der Waals surface area contributed by atoms with Gasteiger partial charge in [0.05, 0.1) is 34.6 Å². The number of pyridine rings is 1. The van der Waals surface area contributed by atoms with Gasteiger partial charge in [0.25, 0.3) is 6.01 Å². The summed E-state index contributed by atoms with van der Waals surface area (Å²) < 4.78 is 19.1. The molecule has 3 aromatic heterocycles. The molecule has 38 heavy (non-hydrogen) atoms. The van der Waals surface area contributed by atoms with Crippen molar-refractivity contribution < 1.29 is 14.2 Å². The molecule has 11 nitrogen and oxygen atoms in total. The first kappa shape index (κ1) is 23.0. The highest BCUT2D eigenvalue weighted by molar-refractivity contribution is 6.33. The molecule has 0 amide bonds. The van der Waals surface area contributed by atoms with Crippen molar-refractivity contribution in [2.75, 3.05) is 18.9 Å². The third kappa shape index (κ3) is 4.01. The monoisotopic (exact) mass is 530 g/mol. The SMILES string of the molecule is N=c1nc(N)[nH]n1-c1ccc(-c2ccc(-c3nc4nc(OC5CO[C@@H]6CCOC56)[nH]c4cc3Cl)cc2)cc1. The Hall–Kier alpha value is -4.19. The lowest BCUT2D eigenvalue weighted by Crippen LogP contribution is -2.32. The van der Waals surface area contributed by atoms with Crippen LogP contribution in [-0.2, 0) is 9.47 Å². The Morgan fingerprint density at radius 1 is 1.00 bits per heavy atom. The van der Waals surface area contributed by atoms with E-state index in [2.05, 4.69) is 20.1 Å². The van der Waals surface area contributed by atoms with Gasteiger partial charge < -0.3 is 24.9 Å². The molecule has 0 bridgehead atoms. The van der Waals surface area contributed by atoms with Crippen molar-refractivity contribution in [3.63, 3.8) is 0 Å². The molecule has 2 fully saturated rings. The van der Waals surface area contributed by atoms with Crippen LogP contribution >= 0.6 is 11.6 Å². The minimum atomic E-state index is -0.204. The van der Waals surface area contributed by atoms with Crippen LogP contribution in [0.15, 0.2) is 54.6 Å².